The quantitative estimate of drug-likeness (QED) is 0.848. The predicted molar refractivity (Wildman–Crippen MR) is 82.2 cm³/mol. The van der Waals surface area contributed by atoms with Crippen molar-refractivity contribution in [1.82, 2.24) is 10.2 Å². The van der Waals surface area contributed by atoms with Crippen molar-refractivity contribution in [2.24, 2.45) is 5.92 Å². The molecule has 0 saturated carbocycles. The van der Waals surface area contributed by atoms with E-state index < -0.39 is 0 Å². The minimum absolute atomic E-state index is 0.144. The van der Waals surface area contributed by atoms with Gasteiger partial charge in [-0.05, 0) is 43.5 Å². The molecule has 3 rings (SSSR count). The van der Waals surface area contributed by atoms with Gasteiger partial charge in [0.2, 0.25) is 5.91 Å². The molecule has 1 aromatic carbocycles. The molecule has 2 atom stereocenters. The van der Waals surface area contributed by atoms with Gasteiger partial charge in [-0.15, -0.1) is 0 Å². The van der Waals surface area contributed by atoms with Gasteiger partial charge in [-0.3, -0.25) is 4.79 Å². The summed E-state index contributed by atoms with van der Waals surface area (Å²) >= 11 is 0. The van der Waals surface area contributed by atoms with Crippen LogP contribution in [0.3, 0.4) is 0 Å². The number of nitrogens with zero attached hydrogens (tertiary/aromatic N) is 1. The van der Waals surface area contributed by atoms with Crippen molar-refractivity contribution in [1.29, 1.82) is 0 Å². The fraction of sp³-hybridized carbons (Fsp3) is 0.588. The van der Waals surface area contributed by atoms with Crippen LogP contribution in [0.2, 0.25) is 0 Å². The number of halogens is 1. The molecule has 0 aromatic heterocycles. The number of nitrogens with one attached hydrogen (secondary N) is 1. The summed E-state index contributed by atoms with van der Waals surface area (Å²) in [5, 5.41) is 3.14. The van der Waals surface area contributed by atoms with E-state index in [0.29, 0.717) is 18.4 Å². The molecule has 22 heavy (non-hydrogen) atoms. The number of benzene rings is 1. The lowest BCUT2D eigenvalue weighted by Gasteiger charge is -2.27. The summed E-state index contributed by atoms with van der Waals surface area (Å²) < 4.78 is 18.4. The van der Waals surface area contributed by atoms with Crippen molar-refractivity contribution in [3.05, 3.63) is 30.1 Å². The van der Waals surface area contributed by atoms with Gasteiger partial charge in [0, 0.05) is 25.7 Å². The Bertz CT molecular complexity index is 506. The van der Waals surface area contributed by atoms with E-state index in [1.54, 1.807) is 12.1 Å². The molecule has 1 N–H and O–H groups in total. The lowest BCUT2D eigenvalue weighted by atomic mass is 9.99. The van der Waals surface area contributed by atoms with Crippen molar-refractivity contribution in [2.45, 2.75) is 31.7 Å². The first-order chi connectivity index (χ1) is 10.7. The van der Waals surface area contributed by atoms with Crippen LogP contribution in [0, 0.1) is 11.7 Å². The zero-order valence-electron chi connectivity index (χ0n) is 12.8. The number of hydrogen-bond donors (Lipinski definition) is 1. The van der Waals surface area contributed by atoms with E-state index in [9.17, 15) is 9.18 Å². The van der Waals surface area contributed by atoms with Crippen LogP contribution in [-0.4, -0.2) is 43.1 Å². The van der Waals surface area contributed by atoms with Crippen molar-refractivity contribution >= 4 is 5.91 Å². The average Bonchev–Trinajstić information content (AvgIpc) is 2.74. The molecule has 2 saturated heterocycles. The number of carbonyl (C=O) groups excluding carboxylic acids is 1. The minimum atomic E-state index is -0.249. The largest absolute Gasteiger partial charge is 0.494 e. The van der Waals surface area contributed by atoms with E-state index in [2.05, 4.69) is 10.2 Å². The van der Waals surface area contributed by atoms with E-state index in [1.165, 1.54) is 12.1 Å². The monoisotopic (exact) mass is 306 g/mol. The lowest BCUT2D eigenvalue weighted by Crippen LogP contribution is -2.39. The molecule has 2 bridgehead atoms. The Morgan fingerprint density at radius 1 is 1.23 bits per heavy atom. The Morgan fingerprint density at radius 2 is 2.05 bits per heavy atom. The van der Waals surface area contributed by atoms with Gasteiger partial charge >= 0.3 is 0 Å². The number of rotatable bonds is 5. The van der Waals surface area contributed by atoms with Gasteiger partial charge in [-0.2, -0.15) is 0 Å². The second-order valence-corrected chi connectivity index (χ2v) is 6.25. The molecule has 2 aliphatic rings. The van der Waals surface area contributed by atoms with Crippen LogP contribution in [0.15, 0.2) is 24.3 Å². The third-order valence-corrected chi connectivity index (χ3v) is 4.48. The fourth-order valence-corrected chi connectivity index (χ4v) is 3.33. The summed E-state index contributed by atoms with van der Waals surface area (Å²) in [4.78, 5) is 14.4. The molecule has 2 fully saturated rings. The van der Waals surface area contributed by atoms with Crippen molar-refractivity contribution in [2.75, 3.05) is 26.2 Å². The van der Waals surface area contributed by atoms with Gasteiger partial charge in [-0.25, -0.2) is 4.39 Å². The number of likely N-dealkylation sites (tertiary alicyclic amines) is 1. The van der Waals surface area contributed by atoms with Crippen molar-refractivity contribution < 1.29 is 13.9 Å². The predicted octanol–water partition coefficient (Wildman–Crippen LogP) is 2.20. The van der Waals surface area contributed by atoms with Crippen molar-refractivity contribution in [3.8, 4) is 5.75 Å². The lowest BCUT2D eigenvalue weighted by molar-refractivity contribution is -0.124. The molecule has 0 spiro atoms. The van der Waals surface area contributed by atoms with Crippen LogP contribution in [0.25, 0.3) is 0 Å². The highest BCUT2D eigenvalue weighted by Crippen LogP contribution is 2.22. The van der Waals surface area contributed by atoms with Crippen molar-refractivity contribution in [3.63, 3.8) is 0 Å². The molecule has 0 radical (unpaired) electrons. The number of amides is 1. The average molecular weight is 306 g/mol. The zero-order valence-corrected chi connectivity index (χ0v) is 12.8. The molecule has 2 aliphatic heterocycles. The molecular formula is C17H23FN2O2. The zero-order chi connectivity index (χ0) is 15.4. The SMILES string of the molecule is O=C1N[C@H]2CCC[C@@H]1CN(CCCOc1ccc(F)cc1)C2. The van der Waals surface area contributed by atoms with Crippen LogP contribution in [0.5, 0.6) is 5.75 Å². The van der Waals surface area contributed by atoms with Gasteiger partial charge in [0.05, 0.1) is 12.5 Å². The maximum Gasteiger partial charge on any atom is 0.224 e. The molecule has 1 amide bonds. The molecule has 0 aliphatic carbocycles. The first-order valence-corrected chi connectivity index (χ1v) is 8.12. The van der Waals surface area contributed by atoms with Gasteiger partial charge in [0.25, 0.3) is 0 Å². The molecule has 5 heteroatoms. The Hall–Kier alpha value is -1.62. The van der Waals surface area contributed by atoms with E-state index >= 15 is 0 Å². The first kappa shape index (κ1) is 15.3. The molecular weight excluding hydrogens is 283 g/mol. The summed E-state index contributed by atoms with van der Waals surface area (Å²) in [6.07, 6.45) is 4.15. The first-order valence-electron chi connectivity index (χ1n) is 8.12. The van der Waals surface area contributed by atoms with Gasteiger partial charge in [-0.1, -0.05) is 6.42 Å². The molecule has 4 nitrogen and oxygen atoms in total. The summed E-state index contributed by atoms with van der Waals surface area (Å²) in [6.45, 7) is 3.35. The van der Waals surface area contributed by atoms with Gasteiger partial charge in [0.15, 0.2) is 0 Å². The second kappa shape index (κ2) is 7.09. The van der Waals surface area contributed by atoms with Crippen LogP contribution < -0.4 is 10.1 Å². The van der Waals surface area contributed by atoms with E-state index in [-0.39, 0.29) is 17.6 Å². The standard InChI is InChI=1S/C17H23FN2O2/c18-14-5-7-16(8-6-14)22-10-2-9-20-11-13-3-1-4-15(12-20)19-17(13)21/h5-8,13,15H,1-4,9-12H2,(H,19,21)/t13-,15+/m1/s1. The summed E-state index contributed by atoms with van der Waals surface area (Å²) in [6, 6.07) is 6.41. The third kappa shape index (κ3) is 3.97. The Balaban J connectivity index is 1.43. The summed E-state index contributed by atoms with van der Waals surface area (Å²) in [7, 11) is 0. The number of hydrogen-bond acceptors (Lipinski definition) is 3. The number of fused-ring (bicyclic) bond motifs is 3. The Labute approximate surface area is 130 Å². The van der Waals surface area contributed by atoms with E-state index in [0.717, 1.165) is 45.3 Å². The minimum Gasteiger partial charge on any atom is -0.494 e. The van der Waals surface area contributed by atoms with Crippen LogP contribution in [0.4, 0.5) is 4.39 Å². The molecule has 1 aromatic rings. The van der Waals surface area contributed by atoms with Crippen LogP contribution in [-0.2, 0) is 4.79 Å². The van der Waals surface area contributed by atoms with Crippen LogP contribution >= 0.6 is 0 Å². The number of ether oxygens (including phenoxy) is 1. The summed E-state index contributed by atoms with van der Waals surface area (Å²) in [5.41, 5.74) is 0. The smallest absolute Gasteiger partial charge is 0.224 e. The maximum absolute atomic E-state index is 12.8. The highest BCUT2D eigenvalue weighted by molar-refractivity contribution is 5.79. The number of carbonyl (C=O) groups is 1. The van der Waals surface area contributed by atoms with Crippen LogP contribution in [0.1, 0.15) is 25.7 Å². The molecule has 0 unspecified atom stereocenters. The van der Waals surface area contributed by atoms with E-state index in [4.69, 9.17) is 4.74 Å². The van der Waals surface area contributed by atoms with Gasteiger partial charge in [0.1, 0.15) is 11.6 Å². The normalized spacial score (nSPS) is 25.4. The maximum atomic E-state index is 12.8. The Kier molecular flexibility index (Phi) is 4.93. The highest BCUT2D eigenvalue weighted by Gasteiger charge is 2.32. The fourth-order valence-electron chi connectivity index (χ4n) is 3.33. The van der Waals surface area contributed by atoms with Gasteiger partial charge < -0.3 is 15.0 Å². The topological polar surface area (TPSA) is 41.6 Å². The highest BCUT2D eigenvalue weighted by atomic mass is 19.1. The molecule has 120 valence electrons. The van der Waals surface area contributed by atoms with E-state index in [1.807, 2.05) is 0 Å². The Morgan fingerprint density at radius 3 is 2.86 bits per heavy atom. The second-order valence-electron chi connectivity index (χ2n) is 6.25. The third-order valence-electron chi connectivity index (χ3n) is 4.48. The summed E-state index contributed by atoms with van der Waals surface area (Å²) in [5.74, 6) is 0.824. The molecule has 2 heterocycles.